The van der Waals surface area contributed by atoms with Crippen LogP contribution in [0.15, 0.2) is 6.33 Å². The van der Waals surface area contributed by atoms with Gasteiger partial charge >= 0.3 is 5.69 Å². The van der Waals surface area contributed by atoms with E-state index in [0.29, 0.717) is 26.3 Å². The lowest BCUT2D eigenvalue weighted by molar-refractivity contribution is -0.383. The predicted molar refractivity (Wildman–Crippen MR) is 64.2 cm³/mol. The number of morpholine rings is 1. The molecule has 1 aromatic rings. The second-order valence-electron chi connectivity index (χ2n) is 3.64. The molecule has 98 valence electrons. The Bertz CT molecular complexity index is 434. The minimum Gasteiger partial charge on any atom is -0.379 e. The minimum absolute atomic E-state index is 0.161. The van der Waals surface area contributed by atoms with Gasteiger partial charge in [-0.1, -0.05) is 0 Å². The maximum Gasteiger partial charge on any atom is 0.354 e. The number of hydrogen-bond donors (Lipinski definition) is 2. The largest absolute Gasteiger partial charge is 0.379 e. The third-order valence-electron chi connectivity index (χ3n) is 2.52. The minimum atomic E-state index is -0.505. The first-order chi connectivity index (χ1) is 8.72. The van der Waals surface area contributed by atoms with Gasteiger partial charge in [-0.15, -0.1) is 0 Å². The number of hydrogen-bond acceptors (Lipinski definition) is 8. The summed E-state index contributed by atoms with van der Waals surface area (Å²) in [5, 5.41) is 15.6. The predicted octanol–water partition coefficient (Wildman–Crippen LogP) is 0.0856. The zero-order valence-corrected chi connectivity index (χ0v) is 9.92. The van der Waals surface area contributed by atoms with Crippen LogP contribution in [0, 0.1) is 10.1 Å². The SMILES string of the molecule is CNc1ncnc(NN2CCOCC2)c1[N+](=O)[O-]. The molecule has 18 heavy (non-hydrogen) atoms. The van der Waals surface area contributed by atoms with Crippen molar-refractivity contribution in [1.29, 1.82) is 0 Å². The van der Waals surface area contributed by atoms with E-state index in [1.54, 1.807) is 7.05 Å². The van der Waals surface area contributed by atoms with Gasteiger partial charge in [0.15, 0.2) is 0 Å². The quantitative estimate of drug-likeness (QED) is 0.575. The Morgan fingerprint density at radius 3 is 2.67 bits per heavy atom. The van der Waals surface area contributed by atoms with Gasteiger partial charge in [0.2, 0.25) is 11.6 Å². The number of rotatable bonds is 4. The number of hydrazine groups is 1. The molecular formula is C9H14N6O3. The lowest BCUT2D eigenvalue weighted by Gasteiger charge is -2.27. The van der Waals surface area contributed by atoms with Crippen LogP contribution < -0.4 is 10.7 Å². The standard InChI is InChI=1S/C9H14N6O3/c1-10-8-7(15(16)17)9(12-6-11-8)13-14-2-4-18-5-3-14/h6H,2-5H2,1H3,(H2,10,11,12,13). The van der Waals surface area contributed by atoms with Crippen LogP contribution >= 0.6 is 0 Å². The van der Waals surface area contributed by atoms with Crippen LogP contribution in [0.5, 0.6) is 0 Å². The van der Waals surface area contributed by atoms with E-state index in [-0.39, 0.29) is 17.3 Å². The Hall–Kier alpha value is -2.00. The molecule has 1 aromatic heterocycles. The van der Waals surface area contributed by atoms with Gasteiger partial charge in [0.05, 0.1) is 18.1 Å². The third-order valence-corrected chi connectivity index (χ3v) is 2.52. The molecule has 1 aliphatic rings. The molecule has 1 saturated heterocycles. The van der Waals surface area contributed by atoms with Crippen LogP contribution in [0.4, 0.5) is 17.3 Å². The van der Waals surface area contributed by atoms with Crippen molar-refractivity contribution < 1.29 is 9.66 Å². The molecule has 9 heteroatoms. The lowest BCUT2D eigenvalue weighted by Crippen LogP contribution is -2.40. The molecule has 0 aliphatic carbocycles. The highest BCUT2D eigenvalue weighted by molar-refractivity contribution is 5.68. The van der Waals surface area contributed by atoms with Crippen LogP contribution in [0.2, 0.25) is 0 Å². The topological polar surface area (TPSA) is 105 Å². The fraction of sp³-hybridized carbons (Fsp3) is 0.556. The van der Waals surface area contributed by atoms with Crippen molar-refractivity contribution in [1.82, 2.24) is 15.0 Å². The Morgan fingerprint density at radius 1 is 1.39 bits per heavy atom. The summed E-state index contributed by atoms with van der Waals surface area (Å²) in [4.78, 5) is 18.3. The summed E-state index contributed by atoms with van der Waals surface area (Å²) in [7, 11) is 1.58. The van der Waals surface area contributed by atoms with E-state index >= 15 is 0 Å². The van der Waals surface area contributed by atoms with Crippen LogP contribution in [-0.4, -0.2) is 53.3 Å². The van der Waals surface area contributed by atoms with Gasteiger partial charge < -0.3 is 10.1 Å². The Kier molecular flexibility index (Phi) is 3.85. The highest BCUT2D eigenvalue weighted by Gasteiger charge is 2.24. The van der Waals surface area contributed by atoms with Crippen LogP contribution in [0.3, 0.4) is 0 Å². The zero-order valence-electron chi connectivity index (χ0n) is 9.92. The summed E-state index contributed by atoms with van der Waals surface area (Å²) in [6.45, 7) is 2.47. The van der Waals surface area contributed by atoms with Crippen LogP contribution in [0.1, 0.15) is 0 Å². The van der Waals surface area contributed by atoms with Crippen LogP contribution in [0.25, 0.3) is 0 Å². The molecule has 0 radical (unpaired) electrons. The van der Waals surface area contributed by atoms with E-state index in [0.717, 1.165) is 0 Å². The zero-order chi connectivity index (χ0) is 13.0. The Balaban J connectivity index is 2.23. The smallest absolute Gasteiger partial charge is 0.354 e. The van der Waals surface area contributed by atoms with Gasteiger partial charge in [-0.05, 0) is 0 Å². The van der Waals surface area contributed by atoms with Crippen molar-refractivity contribution in [2.24, 2.45) is 0 Å². The van der Waals surface area contributed by atoms with Crippen LogP contribution in [-0.2, 0) is 4.74 Å². The van der Waals surface area contributed by atoms with Gasteiger partial charge in [-0.2, -0.15) is 0 Å². The molecular weight excluding hydrogens is 240 g/mol. The van der Waals surface area contributed by atoms with Gasteiger partial charge in [0.25, 0.3) is 0 Å². The summed E-state index contributed by atoms with van der Waals surface area (Å²) < 4.78 is 5.20. The fourth-order valence-corrected chi connectivity index (χ4v) is 1.64. The molecule has 0 amide bonds. The van der Waals surface area contributed by atoms with Crippen molar-refractivity contribution in [3.05, 3.63) is 16.4 Å². The molecule has 0 spiro atoms. The molecule has 0 bridgehead atoms. The Labute approximate surface area is 103 Å². The first-order valence-corrected chi connectivity index (χ1v) is 5.49. The highest BCUT2D eigenvalue weighted by Crippen LogP contribution is 2.28. The molecule has 2 heterocycles. The second kappa shape index (κ2) is 5.56. The van der Waals surface area contributed by atoms with Gasteiger partial charge in [-0.3, -0.25) is 15.5 Å². The third kappa shape index (κ3) is 2.63. The second-order valence-corrected chi connectivity index (χ2v) is 3.64. The Morgan fingerprint density at radius 2 is 2.06 bits per heavy atom. The number of anilines is 2. The molecule has 0 atom stereocenters. The lowest BCUT2D eigenvalue weighted by atomic mass is 10.4. The first kappa shape index (κ1) is 12.5. The van der Waals surface area contributed by atoms with Crippen molar-refractivity contribution in [2.45, 2.75) is 0 Å². The van der Waals surface area contributed by atoms with Crippen molar-refractivity contribution in [3.63, 3.8) is 0 Å². The van der Waals surface area contributed by atoms with E-state index in [2.05, 4.69) is 20.7 Å². The maximum absolute atomic E-state index is 11.0. The normalized spacial score (nSPS) is 16.3. The number of nitro groups is 1. The molecule has 2 rings (SSSR count). The summed E-state index contributed by atoms with van der Waals surface area (Å²) in [5.74, 6) is 0.368. The molecule has 2 N–H and O–H groups in total. The molecule has 1 aliphatic heterocycles. The highest BCUT2D eigenvalue weighted by atomic mass is 16.6. The number of ether oxygens (including phenoxy) is 1. The fourth-order valence-electron chi connectivity index (χ4n) is 1.64. The van der Waals surface area contributed by atoms with E-state index < -0.39 is 4.92 Å². The van der Waals surface area contributed by atoms with Gasteiger partial charge in [0.1, 0.15) is 6.33 Å². The van der Waals surface area contributed by atoms with E-state index in [9.17, 15) is 10.1 Å². The average molecular weight is 254 g/mol. The van der Waals surface area contributed by atoms with Gasteiger partial charge in [0, 0.05) is 20.1 Å². The van der Waals surface area contributed by atoms with Crippen molar-refractivity contribution in [3.8, 4) is 0 Å². The summed E-state index contributed by atoms with van der Waals surface area (Å²) in [6.07, 6.45) is 1.28. The van der Waals surface area contributed by atoms with E-state index in [1.165, 1.54) is 6.33 Å². The number of aromatic nitrogens is 2. The van der Waals surface area contributed by atoms with E-state index in [1.807, 2.05) is 5.01 Å². The summed E-state index contributed by atoms with van der Waals surface area (Å²) >= 11 is 0. The van der Waals surface area contributed by atoms with Gasteiger partial charge in [-0.25, -0.2) is 15.0 Å². The molecule has 1 fully saturated rings. The van der Waals surface area contributed by atoms with E-state index in [4.69, 9.17) is 4.74 Å². The molecule has 0 saturated carbocycles. The molecule has 0 aromatic carbocycles. The number of nitrogens with one attached hydrogen (secondary N) is 2. The molecule has 9 nitrogen and oxygen atoms in total. The summed E-state index contributed by atoms with van der Waals surface area (Å²) in [5.41, 5.74) is 2.77. The average Bonchev–Trinajstić information content (AvgIpc) is 2.39. The van der Waals surface area contributed by atoms with Crippen molar-refractivity contribution >= 4 is 17.3 Å². The molecule has 0 unspecified atom stereocenters. The summed E-state index contributed by atoms with van der Waals surface area (Å²) in [6, 6.07) is 0. The first-order valence-electron chi connectivity index (χ1n) is 5.49. The number of nitrogens with zero attached hydrogens (tertiary/aromatic N) is 4. The monoisotopic (exact) mass is 254 g/mol. The maximum atomic E-state index is 11.0. The van der Waals surface area contributed by atoms with Crippen molar-refractivity contribution in [2.75, 3.05) is 44.1 Å².